The van der Waals surface area contributed by atoms with E-state index >= 15 is 0 Å². The van der Waals surface area contributed by atoms with Gasteiger partial charge in [-0.25, -0.2) is 4.39 Å². The van der Waals surface area contributed by atoms with E-state index in [0.717, 1.165) is 11.1 Å². The number of halogens is 1. The van der Waals surface area contributed by atoms with E-state index in [1.54, 1.807) is 12.1 Å². The second-order valence-corrected chi connectivity index (χ2v) is 5.71. The lowest BCUT2D eigenvalue weighted by atomic mass is 9.87. The summed E-state index contributed by atoms with van der Waals surface area (Å²) in [6.07, 6.45) is 0. The minimum atomic E-state index is -0.864. The number of hydrogen-bond donors (Lipinski definition) is 2. The van der Waals surface area contributed by atoms with Crippen LogP contribution in [0.3, 0.4) is 0 Å². The highest BCUT2D eigenvalue weighted by Crippen LogP contribution is 2.30. The van der Waals surface area contributed by atoms with Gasteiger partial charge in [0.15, 0.2) is 0 Å². The smallest absolute Gasteiger partial charge is 0.237 e. The highest BCUT2D eigenvalue weighted by atomic mass is 19.1. The van der Waals surface area contributed by atoms with Crippen LogP contribution in [0, 0.1) is 18.7 Å². The van der Waals surface area contributed by atoms with Crippen molar-refractivity contribution in [2.24, 2.45) is 5.92 Å². The standard InChI is InChI=1S/C18H17FN2O2/c1-11-5-4-6-12(9-11)13-10-20-17(22)16(13)18(23)21-15-8-3-2-7-14(15)19/h2-9,13,16H,10H2,1H3,(H,20,22)(H,21,23). The average Bonchev–Trinajstić information content (AvgIpc) is 2.91. The number of carbonyl (C=O) groups is 2. The molecule has 2 atom stereocenters. The topological polar surface area (TPSA) is 58.2 Å². The zero-order valence-electron chi connectivity index (χ0n) is 12.7. The maximum atomic E-state index is 13.7. The van der Waals surface area contributed by atoms with E-state index in [2.05, 4.69) is 10.6 Å². The van der Waals surface area contributed by atoms with Gasteiger partial charge in [0.25, 0.3) is 0 Å². The van der Waals surface area contributed by atoms with E-state index in [-0.39, 0.29) is 17.5 Å². The first kappa shape index (κ1) is 15.2. The van der Waals surface area contributed by atoms with E-state index in [1.807, 2.05) is 31.2 Å². The molecule has 5 heteroatoms. The van der Waals surface area contributed by atoms with Gasteiger partial charge < -0.3 is 10.6 Å². The predicted octanol–water partition coefficient (Wildman–Crippen LogP) is 2.60. The van der Waals surface area contributed by atoms with Crippen LogP contribution < -0.4 is 10.6 Å². The maximum absolute atomic E-state index is 13.7. The number of aryl methyl sites for hydroxylation is 1. The van der Waals surface area contributed by atoms with Crippen LogP contribution >= 0.6 is 0 Å². The van der Waals surface area contributed by atoms with E-state index in [9.17, 15) is 14.0 Å². The third-order valence-electron chi connectivity index (χ3n) is 4.07. The SMILES string of the molecule is Cc1cccc(C2CNC(=O)C2C(=O)Nc2ccccc2F)c1. The highest BCUT2D eigenvalue weighted by Gasteiger charge is 2.41. The third kappa shape index (κ3) is 3.08. The summed E-state index contributed by atoms with van der Waals surface area (Å²) in [5, 5.41) is 5.25. The van der Waals surface area contributed by atoms with Crippen LogP contribution in [0.15, 0.2) is 48.5 Å². The van der Waals surface area contributed by atoms with Crippen molar-refractivity contribution >= 4 is 17.5 Å². The molecule has 0 spiro atoms. The number of amides is 2. The van der Waals surface area contributed by atoms with Crippen molar-refractivity contribution in [3.63, 3.8) is 0 Å². The molecule has 0 bridgehead atoms. The van der Waals surface area contributed by atoms with E-state index in [4.69, 9.17) is 0 Å². The van der Waals surface area contributed by atoms with Gasteiger partial charge in [0.05, 0.1) is 5.69 Å². The Morgan fingerprint density at radius 2 is 2.00 bits per heavy atom. The molecule has 2 N–H and O–H groups in total. The molecule has 2 aromatic carbocycles. The fraction of sp³-hybridized carbons (Fsp3) is 0.222. The van der Waals surface area contributed by atoms with Crippen molar-refractivity contribution < 1.29 is 14.0 Å². The van der Waals surface area contributed by atoms with Gasteiger partial charge in [0.2, 0.25) is 11.8 Å². The molecule has 1 fully saturated rings. The van der Waals surface area contributed by atoms with Gasteiger partial charge in [-0.05, 0) is 24.6 Å². The third-order valence-corrected chi connectivity index (χ3v) is 4.07. The van der Waals surface area contributed by atoms with Crippen LogP contribution in [0.2, 0.25) is 0 Å². The molecular weight excluding hydrogens is 295 g/mol. The first-order valence-corrected chi connectivity index (χ1v) is 7.46. The summed E-state index contributed by atoms with van der Waals surface area (Å²) in [6, 6.07) is 13.6. The van der Waals surface area contributed by atoms with E-state index in [0.29, 0.717) is 6.54 Å². The molecule has 23 heavy (non-hydrogen) atoms. The summed E-state index contributed by atoms with van der Waals surface area (Å²) < 4.78 is 13.7. The van der Waals surface area contributed by atoms with Crippen molar-refractivity contribution in [1.82, 2.24) is 5.32 Å². The summed E-state index contributed by atoms with van der Waals surface area (Å²) in [5.41, 5.74) is 2.08. The molecule has 1 heterocycles. The quantitative estimate of drug-likeness (QED) is 0.856. The summed E-state index contributed by atoms with van der Waals surface area (Å²) >= 11 is 0. The van der Waals surface area contributed by atoms with Gasteiger partial charge in [0.1, 0.15) is 11.7 Å². The zero-order chi connectivity index (χ0) is 16.4. The Morgan fingerprint density at radius 1 is 1.22 bits per heavy atom. The van der Waals surface area contributed by atoms with E-state index in [1.165, 1.54) is 12.1 Å². The molecule has 1 saturated heterocycles. The number of benzene rings is 2. The second-order valence-electron chi connectivity index (χ2n) is 5.71. The molecule has 2 aromatic rings. The Bertz CT molecular complexity index is 760. The highest BCUT2D eigenvalue weighted by molar-refractivity contribution is 6.08. The molecule has 1 aliphatic rings. The van der Waals surface area contributed by atoms with Crippen molar-refractivity contribution in [3.8, 4) is 0 Å². The Labute approximate surface area is 133 Å². The first-order valence-electron chi connectivity index (χ1n) is 7.46. The van der Waals surface area contributed by atoms with Crippen molar-refractivity contribution in [3.05, 3.63) is 65.5 Å². The molecule has 2 unspecified atom stereocenters. The Hall–Kier alpha value is -2.69. The first-order chi connectivity index (χ1) is 11.1. The van der Waals surface area contributed by atoms with Crippen LogP contribution in [-0.2, 0) is 9.59 Å². The predicted molar refractivity (Wildman–Crippen MR) is 85.4 cm³/mol. The molecule has 0 saturated carbocycles. The van der Waals surface area contributed by atoms with Gasteiger partial charge in [0, 0.05) is 12.5 Å². The summed E-state index contributed by atoms with van der Waals surface area (Å²) in [6.45, 7) is 2.36. The largest absolute Gasteiger partial charge is 0.355 e. The number of nitrogens with one attached hydrogen (secondary N) is 2. The maximum Gasteiger partial charge on any atom is 0.237 e. The average molecular weight is 312 g/mol. The number of para-hydroxylation sites is 1. The Kier molecular flexibility index (Phi) is 4.10. The van der Waals surface area contributed by atoms with Gasteiger partial charge >= 0.3 is 0 Å². The van der Waals surface area contributed by atoms with Crippen molar-refractivity contribution in [2.45, 2.75) is 12.8 Å². The molecular formula is C18H17FN2O2. The summed E-state index contributed by atoms with van der Waals surface area (Å²) in [5.74, 6) is -2.46. The molecule has 1 aliphatic heterocycles. The van der Waals surface area contributed by atoms with Crippen LogP contribution in [-0.4, -0.2) is 18.4 Å². The van der Waals surface area contributed by atoms with E-state index < -0.39 is 17.6 Å². The molecule has 4 nitrogen and oxygen atoms in total. The number of hydrogen-bond acceptors (Lipinski definition) is 2. The fourth-order valence-corrected chi connectivity index (χ4v) is 2.91. The monoisotopic (exact) mass is 312 g/mol. The number of anilines is 1. The number of rotatable bonds is 3. The van der Waals surface area contributed by atoms with Crippen LogP contribution in [0.1, 0.15) is 17.0 Å². The minimum absolute atomic E-state index is 0.0835. The number of carbonyl (C=O) groups excluding carboxylic acids is 2. The second kappa shape index (κ2) is 6.20. The Morgan fingerprint density at radius 3 is 2.74 bits per heavy atom. The van der Waals surface area contributed by atoms with Gasteiger partial charge in [-0.15, -0.1) is 0 Å². The minimum Gasteiger partial charge on any atom is -0.355 e. The molecule has 3 rings (SSSR count). The summed E-state index contributed by atoms with van der Waals surface area (Å²) in [4.78, 5) is 24.6. The molecule has 0 aliphatic carbocycles. The van der Waals surface area contributed by atoms with Crippen LogP contribution in [0.4, 0.5) is 10.1 Å². The zero-order valence-corrected chi connectivity index (χ0v) is 12.7. The summed E-state index contributed by atoms with van der Waals surface area (Å²) in [7, 11) is 0. The lowest BCUT2D eigenvalue weighted by Gasteiger charge is -2.17. The molecule has 2 amide bonds. The van der Waals surface area contributed by atoms with Crippen molar-refractivity contribution in [1.29, 1.82) is 0 Å². The van der Waals surface area contributed by atoms with Crippen molar-refractivity contribution in [2.75, 3.05) is 11.9 Å². The van der Waals surface area contributed by atoms with Crippen LogP contribution in [0.25, 0.3) is 0 Å². The Balaban J connectivity index is 1.85. The lowest BCUT2D eigenvalue weighted by molar-refractivity contribution is -0.130. The normalized spacial score (nSPS) is 20.2. The molecule has 0 radical (unpaired) electrons. The molecule has 118 valence electrons. The van der Waals surface area contributed by atoms with Crippen LogP contribution in [0.5, 0.6) is 0 Å². The fourth-order valence-electron chi connectivity index (χ4n) is 2.91. The van der Waals surface area contributed by atoms with Gasteiger partial charge in [-0.1, -0.05) is 42.0 Å². The lowest BCUT2D eigenvalue weighted by Crippen LogP contribution is -2.32. The van der Waals surface area contributed by atoms with Gasteiger partial charge in [-0.3, -0.25) is 9.59 Å². The molecule has 0 aromatic heterocycles. The van der Waals surface area contributed by atoms with Gasteiger partial charge in [-0.2, -0.15) is 0 Å².